The molecule has 6 heteroatoms. The number of thioether (sulfide) groups is 1. The molecule has 0 atom stereocenters. The van der Waals surface area contributed by atoms with Crippen molar-refractivity contribution in [2.45, 2.75) is 32.5 Å². The lowest BCUT2D eigenvalue weighted by molar-refractivity contribution is -0.118. The van der Waals surface area contributed by atoms with Crippen molar-refractivity contribution in [1.82, 2.24) is 20.1 Å². The van der Waals surface area contributed by atoms with E-state index < -0.39 is 0 Å². The number of rotatable bonds is 6. The molecule has 0 aliphatic rings. The molecule has 1 aromatic heterocycles. The van der Waals surface area contributed by atoms with E-state index >= 15 is 0 Å². The zero-order chi connectivity index (χ0) is 18.5. The standard InChI is InChI=1S/C20H22N4OS/c1-14-5-4-6-17(9-14)11-21-19(25)12-26-20-23-22-13-24(20)18-8-7-15(2)16(3)10-18/h4-10,13H,11-12H2,1-3H3,(H,21,25). The van der Waals surface area contributed by atoms with E-state index in [0.717, 1.165) is 11.3 Å². The van der Waals surface area contributed by atoms with Crippen LogP contribution in [0.3, 0.4) is 0 Å². The molecule has 1 N–H and O–H groups in total. The van der Waals surface area contributed by atoms with Gasteiger partial charge in [0.2, 0.25) is 5.91 Å². The summed E-state index contributed by atoms with van der Waals surface area (Å²) in [4.78, 5) is 12.2. The maximum atomic E-state index is 12.2. The highest BCUT2D eigenvalue weighted by Gasteiger charge is 2.10. The Bertz CT molecular complexity index is 920. The summed E-state index contributed by atoms with van der Waals surface area (Å²) in [7, 11) is 0. The van der Waals surface area contributed by atoms with Crippen LogP contribution in [0.25, 0.3) is 5.69 Å². The van der Waals surface area contributed by atoms with E-state index in [1.165, 1.54) is 28.5 Å². The molecule has 0 saturated carbocycles. The highest BCUT2D eigenvalue weighted by molar-refractivity contribution is 7.99. The topological polar surface area (TPSA) is 59.8 Å². The Kier molecular flexibility index (Phi) is 5.73. The number of hydrogen-bond donors (Lipinski definition) is 1. The first-order chi connectivity index (χ1) is 12.5. The fourth-order valence-electron chi connectivity index (χ4n) is 2.58. The number of hydrogen-bond acceptors (Lipinski definition) is 4. The number of nitrogens with one attached hydrogen (secondary N) is 1. The van der Waals surface area contributed by atoms with Crippen molar-refractivity contribution in [3.05, 3.63) is 71.0 Å². The van der Waals surface area contributed by atoms with Gasteiger partial charge in [0.15, 0.2) is 5.16 Å². The van der Waals surface area contributed by atoms with Crippen molar-refractivity contribution in [1.29, 1.82) is 0 Å². The van der Waals surface area contributed by atoms with Gasteiger partial charge in [0.25, 0.3) is 0 Å². The first kappa shape index (κ1) is 18.2. The van der Waals surface area contributed by atoms with Crippen molar-refractivity contribution in [2.75, 3.05) is 5.75 Å². The lowest BCUT2D eigenvalue weighted by atomic mass is 10.1. The molecule has 1 heterocycles. The second-order valence-corrected chi connectivity index (χ2v) is 7.25. The number of nitrogens with zero attached hydrogens (tertiary/aromatic N) is 3. The van der Waals surface area contributed by atoms with Crippen LogP contribution in [-0.4, -0.2) is 26.4 Å². The van der Waals surface area contributed by atoms with Gasteiger partial charge in [0.05, 0.1) is 5.75 Å². The summed E-state index contributed by atoms with van der Waals surface area (Å²) in [5, 5.41) is 11.8. The minimum absolute atomic E-state index is 0.0221. The average molecular weight is 366 g/mol. The molecule has 0 fully saturated rings. The van der Waals surface area contributed by atoms with Crippen LogP contribution in [-0.2, 0) is 11.3 Å². The van der Waals surface area contributed by atoms with E-state index in [0.29, 0.717) is 17.5 Å². The zero-order valence-electron chi connectivity index (χ0n) is 15.2. The minimum atomic E-state index is -0.0221. The quantitative estimate of drug-likeness (QED) is 0.677. The molecule has 0 aliphatic heterocycles. The largest absolute Gasteiger partial charge is 0.351 e. The van der Waals surface area contributed by atoms with Gasteiger partial charge in [0, 0.05) is 12.2 Å². The van der Waals surface area contributed by atoms with Crippen LogP contribution in [0.15, 0.2) is 53.9 Å². The van der Waals surface area contributed by atoms with Crippen LogP contribution in [0.2, 0.25) is 0 Å². The van der Waals surface area contributed by atoms with Crippen LogP contribution < -0.4 is 5.32 Å². The molecule has 0 bridgehead atoms. The molecule has 3 rings (SSSR count). The molecular formula is C20H22N4OS. The predicted molar refractivity (Wildman–Crippen MR) is 105 cm³/mol. The molecule has 3 aromatic rings. The Morgan fingerprint density at radius 2 is 1.96 bits per heavy atom. The molecule has 0 radical (unpaired) electrons. The normalized spacial score (nSPS) is 10.7. The third kappa shape index (κ3) is 4.52. The van der Waals surface area contributed by atoms with Gasteiger partial charge < -0.3 is 5.32 Å². The van der Waals surface area contributed by atoms with Gasteiger partial charge in [-0.1, -0.05) is 47.7 Å². The Hall–Kier alpha value is -2.60. The summed E-state index contributed by atoms with van der Waals surface area (Å²) in [5.41, 5.74) is 5.74. The van der Waals surface area contributed by atoms with E-state index in [1.807, 2.05) is 35.8 Å². The van der Waals surface area contributed by atoms with Crippen LogP contribution in [0.4, 0.5) is 0 Å². The third-order valence-electron chi connectivity index (χ3n) is 4.19. The van der Waals surface area contributed by atoms with Gasteiger partial charge in [-0.15, -0.1) is 10.2 Å². The van der Waals surface area contributed by atoms with Crippen LogP contribution in [0, 0.1) is 20.8 Å². The molecule has 26 heavy (non-hydrogen) atoms. The summed E-state index contributed by atoms with van der Waals surface area (Å²) in [6, 6.07) is 14.3. The zero-order valence-corrected chi connectivity index (χ0v) is 16.0. The molecule has 134 valence electrons. The maximum Gasteiger partial charge on any atom is 0.230 e. The molecule has 0 saturated heterocycles. The van der Waals surface area contributed by atoms with Crippen molar-refractivity contribution in [3.8, 4) is 5.69 Å². The molecule has 0 unspecified atom stereocenters. The van der Waals surface area contributed by atoms with Gasteiger partial charge >= 0.3 is 0 Å². The Balaban J connectivity index is 1.59. The number of carbonyl (C=O) groups excluding carboxylic acids is 1. The van der Waals surface area contributed by atoms with E-state index in [2.05, 4.69) is 47.6 Å². The fraction of sp³-hybridized carbons (Fsp3) is 0.250. The summed E-state index contributed by atoms with van der Waals surface area (Å²) >= 11 is 1.38. The van der Waals surface area contributed by atoms with E-state index in [-0.39, 0.29) is 5.91 Å². The Labute approximate surface area is 157 Å². The smallest absolute Gasteiger partial charge is 0.230 e. The van der Waals surface area contributed by atoms with Crippen LogP contribution >= 0.6 is 11.8 Å². The van der Waals surface area contributed by atoms with Gasteiger partial charge in [-0.25, -0.2) is 0 Å². The number of amides is 1. The van der Waals surface area contributed by atoms with Crippen molar-refractivity contribution < 1.29 is 4.79 Å². The molecule has 2 aromatic carbocycles. The van der Waals surface area contributed by atoms with Crippen molar-refractivity contribution >= 4 is 17.7 Å². The van der Waals surface area contributed by atoms with Gasteiger partial charge in [0.1, 0.15) is 6.33 Å². The summed E-state index contributed by atoms with van der Waals surface area (Å²) in [6.07, 6.45) is 1.68. The summed E-state index contributed by atoms with van der Waals surface area (Å²) in [6.45, 7) is 6.74. The summed E-state index contributed by atoms with van der Waals surface area (Å²) < 4.78 is 1.91. The average Bonchev–Trinajstić information content (AvgIpc) is 3.09. The van der Waals surface area contributed by atoms with Crippen molar-refractivity contribution in [3.63, 3.8) is 0 Å². The number of aryl methyl sites for hydroxylation is 3. The molecule has 1 amide bonds. The summed E-state index contributed by atoms with van der Waals surface area (Å²) in [5.74, 6) is 0.279. The Morgan fingerprint density at radius 1 is 1.12 bits per heavy atom. The maximum absolute atomic E-state index is 12.2. The van der Waals surface area contributed by atoms with E-state index in [1.54, 1.807) is 6.33 Å². The molecule has 0 aliphatic carbocycles. The lowest BCUT2D eigenvalue weighted by Gasteiger charge is -2.09. The highest BCUT2D eigenvalue weighted by Crippen LogP contribution is 2.21. The second-order valence-electron chi connectivity index (χ2n) is 6.31. The third-order valence-corrected chi connectivity index (χ3v) is 5.13. The minimum Gasteiger partial charge on any atom is -0.351 e. The van der Waals surface area contributed by atoms with Crippen LogP contribution in [0.1, 0.15) is 22.3 Å². The second kappa shape index (κ2) is 8.19. The first-order valence-corrected chi connectivity index (χ1v) is 9.44. The highest BCUT2D eigenvalue weighted by atomic mass is 32.2. The molecule has 5 nitrogen and oxygen atoms in total. The SMILES string of the molecule is Cc1cccc(CNC(=O)CSc2nncn2-c2ccc(C)c(C)c2)c1. The van der Waals surface area contributed by atoms with Gasteiger partial charge in [-0.3, -0.25) is 9.36 Å². The number of aromatic nitrogens is 3. The fourth-order valence-corrected chi connectivity index (χ4v) is 3.34. The monoisotopic (exact) mass is 366 g/mol. The number of benzene rings is 2. The molecular weight excluding hydrogens is 344 g/mol. The Morgan fingerprint density at radius 3 is 2.73 bits per heavy atom. The van der Waals surface area contributed by atoms with E-state index in [4.69, 9.17) is 0 Å². The first-order valence-electron chi connectivity index (χ1n) is 8.45. The predicted octanol–water partition coefficient (Wildman–Crippen LogP) is 3.60. The van der Waals surface area contributed by atoms with Gasteiger partial charge in [-0.2, -0.15) is 0 Å². The van der Waals surface area contributed by atoms with E-state index in [9.17, 15) is 4.79 Å². The van der Waals surface area contributed by atoms with Crippen LogP contribution in [0.5, 0.6) is 0 Å². The van der Waals surface area contributed by atoms with Crippen molar-refractivity contribution in [2.24, 2.45) is 0 Å². The molecule has 0 spiro atoms. The number of carbonyl (C=O) groups is 1. The van der Waals surface area contributed by atoms with Gasteiger partial charge in [-0.05, 0) is 49.6 Å². The lowest BCUT2D eigenvalue weighted by Crippen LogP contribution is -2.24.